The predicted molar refractivity (Wildman–Crippen MR) is 361 cm³/mol. The maximum Gasteiger partial charge on any atom is 0.306 e. The van der Waals surface area contributed by atoms with E-state index in [4.69, 9.17) is 9.47 Å². The minimum absolute atomic E-state index is 0.0899. The molecule has 1 atom stereocenters. The summed E-state index contributed by atoms with van der Waals surface area (Å²) in [5.41, 5.74) is 0. The lowest BCUT2D eigenvalue weighted by Crippen LogP contribution is -2.28. The Hall–Kier alpha value is -5.52. The summed E-state index contributed by atoms with van der Waals surface area (Å²) < 4.78 is 10.7. The summed E-state index contributed by atoms with van der Waals surface area (Å²) in [6.45, 7) is 3.88. The van der Waals surface area contributed by atoms with Gasteiger partial charge in [0.05, 0.1) is 6.61 Å². The molecule has 0 aromatic rings. The summed E-state index contributed by atoms with van der Waals surface area (Å²) >= 11 is 0. The molecule has 0 spiro atoms. The largest absolute Gasteiger partial charge is 0.462 e. The summed E-state index contributed by atoms with van der Waals surface area (Å²) in [6, 6.07) is 0. The van der Waals surface area contributed by atoms with Gasteiger partial charge >= 0.3 is 11.9 Å². The van der Waals surface area contributed by atoms with E-state index in [-0.39, 0.29) is 25.2 Å². The van der Waals surface area contributed by atoms with Gasteiger partial charge < -0.3 is 14.6 Å². The van der Waals surface area contributed by atoms with E-state index in [0.29, 0.717) is 12.8 Å². The van der Waals surface area contributed by atoms with Gasteiger partial charge in [-0.2, -0.15) is 0 Å². The minimum Gasteiger partial charge on any atom is -0.462 e. The molecule has 0 rings (SSSR count). The van der Waals surface area contributed by atoms with Crippen molar-refractivity contribution >= 4 is 11.9 Å². The highest BCUT2D eigenvalue weighted by molar-refractivity contribution is 5.70. The molecule has 0 aliphatic rings. The molecule has 0 saturated carbocycles. The summed E-state index contributed by atoms with van der Waals surface area (Å²) in [5.74, 6) is -0.632. The third-order valence-electron chi connectivity index (χ3n) is 13.1. The highest BCUT2D eigenvalue weighted by atomic mass is 16.6. The van der Waals surface area contributed by atoms with Gasteiger partial charge in [-0.05, 0) is 148 Å². The molecule has 5 heteroatoms. The van der Waals surface area contributed by atoms with E-state index < -0.39 is 6.10 Å². The molecule has 0 aliphatic carbocycles. The van der Waals surface area contributed by atoms with Gasteiger partial charge in [-0.1, -0.05) is 291 Å². The quantitative estimate of drug-likeness (QED) is 0.0373. The third kappa shape index (κ3) is 67.0. The first kappa shape index (κ1) is 76.5. The fourth-order valence-corrected chi connectivity index (χ4v) is 8.27. The molecule has 0 heterocycles. The van der Waals surface area contributed by atoms with Gasteiger partial charge in [0.15, 0.2) is 6.10 Å². The van der Waals surface area contributed by atoms with Crippen LogP contribution in [0.5, 0.6) is 0 Å². The van der Waals surface area contributed by atoms with Crippen LogP contribution in [0.15, 0.2) is 207 Å². The van der Waals surface area contributed by atoms with Crippen LogP contribution >= 0.6 is 0 Å². The zero-order chi connectivity index (χ0) is 59.1. The molecule has 456 valence electrons. The Morgan fingerprint density at radius 1 is 0.280 bits per heavy atom. The molecule has 0 saturated heterocycles. The van der Waals surface area contributed by atoms with Gasteiger partial charge in [-0.15, -0.1) is 0 Å². The van der Waals surface area contributed by atoms with Gasteiger partial charge in [0, 0.05) is 12.8 Å². The number of esters is 2. The van der Waals surface area contributed by atoms with Crippen molar-refractivity contribution in [2.75, 3.05) is 13.2 Å². The Morgan fingerprint density at radius 3 is 0.732 bits per heavy atom. The number of allylic oxidation sites excluding steroid dienone is 34. The fraction of sp³-hybridized carbons (Fsp3) is 0.532. The molecule has 5 nitrogen and oxygen atoms in total. The average molecular weight is 1120 g/mol. The Balaban J connectivity index is 3.65. The van der Waals surface area contributed by atoms with Crippen LogP contribution < -0.4 is 0 Å². The van der Waals surface area contributed by atoms with E-state index in [1.165, 1.54) is 51.4 Å². The molecule has 0 aromatic carbocycles. The maximum absolute atomic E-state index is 12.3. The van der Waals surface area contributed by atoms with Crippen molar-refractivity contribution in [3.8, 4) is 0 Å². The fourth-order valence-electron chi connectivity index (χ4n) is 8.27. The highest BCUT2D eigenvalue weighted by Gasteiger charge is 2.16. The number of unbranched alkanes of at least 4 members (excludes halogenated alkanes) is 15. The van der Waals surface area contributed by atoms with E-state index in [0.717, 1.165) is 167 Å². The molecule has 0 radical (unpaired) electrons. The Labute approximate surface area is 504 Å². The van der Waals surface area contributed by atoms with Crippen LogP contribution in [0.3, 0.4) is 0 Å². The molecule has 82 heavy (non-hydrogen) atoms. The Morgan fingerprint density at radius 2 is 0.488 bits per heavy atom. The first-order chi connectivity index (χ1) is 40.6. The van der Waals surface area contributed by atoms with Gasteiger partial charge in [-0.3, -0.25) is 9.59 Å². The highest BCUT2D eigenvalue weighted by Crippen LogP contribution is 2.14. The van der Waals surface area contributed by atoms with Crippen molar-refractivity contribution in [2.24, 2.45) is 0 Å². The lowest BCUT2D eigenvalue weighted by Gasteiger charge is -2.15. The smallest absolute Gasteiger partial charge is 0.306 e. The van der Waals surface area contributed by atoms with Gasteiger partial charge in [0.2, 0.25) is 0 Å². The van der Waals surface area contributed by atoms with Crippen LogP contribution in [0.1, 0.15) is 245 Å². The van der Waals surface area contributed by atoms with E-state index >= 15 is 0 Å². The number of aliphatic hydroxyl groups is 1. The third-order valence-corrected chi connectivity index (χ3v) is 13.1. The van der Waals surface area contributed by atoms with Crippen LogP contribution in [-0.2, 0) is 19.1 Å². The second-order valence-corrected chi connectivity index (χ2v) is 20.7. The molecular weight excluding hydrogens is 1000 g/mol. The lowest BCUT2D eigenvalue weighted by molar-refractivity contribution is -0.161. The molecular formula is C77H118O5. The molecule has 0 aromatic heterocycles. The van der Waals surface area contributed by atoms with E-state index in [1.807, 2.05) is 0 Å². The van der Waals surface area contributed by atoms with Gasteiger partial charge in [-0.25, -0.2) is 0 Å². The van der Waals surface area contributed by atoms with Crippen molar-refractivity contribution < 1.29 is 24.2 Å². The van der Waals surface area contributed by atoms with Gasteiger partial charge in [0.1, 0.15) is 6.61 Å². The number of ether oxygens (including phenoxy) is 2. The number of carbonyl (C=O) groups excluding carboxylic acids is 2. The van der Waals surface area contributed by atoms with Crippen molar-refractivity contribution in [3.05, 3.63) is 207 Å². The number of hydrogen-bond acceptors (Lipinski definition) is 5. The second-order valence-electron chi connectivity index (χ2n) is 20.7. The van der Waals surface area contributed by atoms with E-state index in [9.17, 15) is 14.7 Å². The normalized spacial score (nSPS) is 13.6. The number of rotatable bonds is 57. The van der Waals surface area contributed by atoms with Crippen molar-refractivity contribution in [3.63, 3.8) is 0 Å². The molecule has 0 amide bonds. The standard InChI is InChI=1S/C77H118O5/c1-3-5-7-9-11-13-15-17-19-21-23-25-27-29-31-33-34-35-36-37-38-39-40-41-42-44-46-48-50-52-54-56-58-60-62-64-66-68-70-72-77(80)82-75(73-78)74-81-76(79)71-69-67-65-63-61-59-57-55-53-51-49-47-45-43-32-30-28-26-24-22-20-18-16-14-12-10-8-6-4-2/h5-8,11-14,17-20,23-26,29-32,34-35,37-38,40-41,44-47,50,52,56,58,75,78H,3-4,9-10,15-16,21-22,27-28,33,36,39,42-43,48-49,51,53-55,57,59-74H2,1-2H3/b7-5-,8-6-,13-11-,14-12-,19-17-,20-18-,25-23-,26-24-,31-29-,32-30-,35-34-,38-37-,41-40-,46-44-,47-45-,52-50-,58-56-. The summed E-state index contributed by atoms with van der Waals surface area (Å²) in [5, 5.41) is 9.69. The van der Waals surface area contributed by atoms with Gasteiger partial charge in [0.25, 0.3) is 0 Å². The number of aliphatic hydroxyl groups excluding tert-OH is 1. The van der Waals surface area contributed by atoms with Crippen LogP contribution in [-0.4, -0.2) is 36.4 Å². The number of carbonyl (C=O) groups is 2. The summed E-state index contributed by atoms with van der Waals surface area (Å²) in [7, 11) is 0. The Kier molecular flexibility index (Phi) is 65.1. The average Bonchev–Trinajstić information content (AvgIpc) is 3.49. The van der Waals surface area contributed by atoms with E-state index in [1.54, 1.807) is 0 Å². The first-order valence-electron chi connectivity index (χ1n) is 32.6. The molecule has 1 N–H and O–H groups in total. The predicted octanol–water partition coefficient (Wildman–Crippen LogP) is 23.0. The number of hydrogen-bond donors (Lipinski definition) is 1. The Bertz CT molecular complexity index is 1950. The second kappa shape index (κ2) is 69.7. The van der Waals surface area contributed by atoms with Crippen molar-refractivity contribution in [2.45, 2.75) is 251 Å². The van der Waals surface area contributed by atoms with E-state index in [2.05, 4.69) is 220 Å². The molecule has 0 bridgehead atoms. The first-order valence-corrected chi connectivity index (χ1v) is 32.6. The van der Waals surface area contributed by atoms with Crippen LogP contribution in [0.2, 0.25) is 0 Å². The van der Waals surface area contributed by atoms with Crippen LogP contribution in [0.25, 0.3) is 0 Å². The van der Waals surface area contributed by atoms with Crippen molar-refractivity contribution in [1.29, 1.82) is 0 Å². The van der Waals surface area contributed by atoms with Crippen LogP contribution in [0, 0.1) is 0 Å². The van der Waals surface area contributed by atoms with Crippen LogP contribution in [0.4, 0.5) is 0 Å². The topological polar surface area (TPSA) is 72.8 Å². The summed E-state index contributed by atoms with van der Waals surface area (Å²) in [4.78, 5) is 24.6. The summed E-state index contributed by atoms with van der Waals surface area (Å²) in [6.07, 6.45) is 112. The molecule has 1 unspecified atom stereocenters. The zero-order valence-electron chi connectivity index (χ0n) is 52.2. The lowest BCUT2D eigenvalue weighted by atomic mass is 10.1. The SMILES string of the molecule is CC/C=C\C/C=C\C/C=C\C/C=C\C/C=C\C/C=C\C/C=C\C/C=C\C/C=C\C/C=C\C/C=C\CCCCCCCC(=O)OC(CO)COC(=O)CCCCCCCCCCCC/C=C\C/C=C\C/C=C\C/C=C\C/C=C\C/C=C\CC. The molecule has 0 fully saturated rings. The minimum atomic E-state index is -0.802. The zero-order valence-corrected chi connectivity index (χ0v) is 52.2. The van der Waals surface area contributed by atoms with Crippen molar-refractivity contribution in [1.82, 2.24) is 0 Å². The maximum atomic E-state index is 12.3. The molecule has 0 aliphatic heterocycles. The monoisotopic (exact) mass is 1120 g/mol.